The molecule has 0 saturated carbocycles. The van der Waals surface area contributed by atoms with E-state index in [0.717, 1.165) is 18.6 Å². The molecular formula is C17H15F6N5O2S. The lowest BCUT2D eigenvalue weighted by Gasteiger charge is -2.28. The molecule has 0 aliphatic carbocycles. The van der Waals surface area contributed by atoms with E-state index in [1.807, 2.05) is 0 Å². The van der Waals surface area contributed by atoms with Crippen LogP contribution in [0.4, 0.5) is 49.2 Å². The number of nitrogens with one attached hydrogen (secondary N) is 1. The number of halogens is 6. The number of hydrogen-bond donors (Lipinski definition) is 1. The first-order valence-electron chi connectivity index (χ1n) is 8.70. The minimum Gasteiger partial charge on any atom is -0.374 e. The number of aryl methyl sites for hydroxylation is 1. The Morgan fingerprint density at radius 2 is 1.81 bits per heavy atom. The van der Waals surface area contributed by atoms with Crippen LogP contribution in [0.3, 0.4) is 0 Å². The van der Waals surface area contributed by atoms with E-state index in [9.17, 15) is 34.8 Å². The Balaban J connectivity index is 2.01. The molecule has 1 aliphatic heterocycles. The number of nitrogens with zero attached hydrogens (tertiary/aromatic N) is 4. The predicted molar refractivity (Wildman–Crippen MR) is 100 cm³/mol. The fourth-order valence-corrected chi connectivity index (χ4v) is 3.46. The van der Waals surface area contributed by atoms with Gasteiger partial charge in [0.1, 0.15) is 5.69 Å². The maximum atomic E-state index is 12.8. The van der Waals surface area contributed by atoms with Crippen LogP contribution in [0.25, 0.3) is 0 Å². The number of fused-ring (bicyclic) bond motifs is 1. The van der Waals surface area contributed by atoms with Crippen molar-refractivity contribution in [1.82, 2.24) is 4.98 Å². The van der Waals surface area contributed by atoms with Crippen LogP contribution in [0.15, 0.2) is 40.7 Å². The van der Waals surface area contributed by atoms with E-state index in [4.69, 9.17) is 0 Å². The van der Waals surface area contributed by atoms with Crippen LogP contribution in [0, 0.1) is 0 Å². The zero-order chi connectivity index (χ0) is 23.0. The van der Waals surface area contributed by atoms with E-state index in [-0.39, 0.29) is 11.5 Å². The molecule has 0 spiro atoms. The van der Waals surface area contributed by atoms with Crippen molar-refractivity contribution >= 4 is 32.9 Å². The van der Waals surface area contributed by atoms with Gasteiger partial charge >= 0.3 is 21.7 Å². The van der Waals surface area contributed by atoms with Crippen molar-refractivity contribution in [2.75, 3.05) is 23.2 Å². The largest absolute Gasteiger partial charge is 0.516 e. The van der Waals surface area contributed by atoms with Crippen LogP contribution in [0.5, 0.6) is 0 Å². The molecule has 1 aliphatic rings. The molecule has 3 rings (SSSR count). The first-order chi connectivity index (χ1) is 14.3. The summed E-state index contributed by atoms with van der Waals surface area (Å²) < 4.78 is 101. The third kappa shape index (κ3) is 5.06. The summed E-state index contributed by atoms with van der Waals surface area (Å²) in [6, 6.07) is 4.24. The van der Waals surface area contributed by atoms with Gasteiger partial charge in [-0.25, -0.2) is 4.98 Å². The van der Waals surface area contributed by atoms with Crippen molar-refractivity contribution < 1.29 is 34.8 Å². The average molecular weight is 467 g/mol. The van der Waals surface area contributed by atoms with Crippen LogP contribution in [-0.2, 0) is 22.6 Å². The van der Waals surface area contributed by atoms with Gasteiger partial charge < -0.3 is 4.90 Å². The van der Waals surface area contributed by atoms with Gasteiger partial charge in [-0.05, 0) is 42.7 Å². The number of pyridine rings is 1. The molecule has 1 aromatic heterocycles. The molecule has 0 amide bonds. The first kappa shape index (κ1) is 22.8. The lowest BCUT2D eigenvalue weighted by molar-refractivity contribution is -0.137. The lowest BCUT2D eigenvalue weighted by Crippen LogP contribution is -2.30. The van der Waals surface area contributed by atoms with E-state index in [0.29, 0.717) is 30.4 Å². The van der Waals surface area contributed by atoms with Gasteiger partial charge in [-0.3, -0.25) is 4.72 Å². The molecule has 0 atom stereocenters. The zero-order valence-corrected chi connectivity index (χ0v) is 16.6. The second-order valence-corrected chi connectivity index (χ2v) is 8.35. The molecule has 7 nitrogen and oxygen atoms in total. The van der Waals surface area contributed by atoms with Crippen LogP contribution in [-0.4, -0.2) is 32.5 Å². The van der Waals surface area contributed by atoms with E-state index in [1.54, 1.807) is 11.9 Å². The maximum Gasteiger partial charge on any atom is 0.516 e. The van der Waals surface area contributed by atoms with Gasteiger partial charge in [-0.15, -0.1) is 10.2 Å². The molecule has 14 heteroatoms. The molecule has 0 bridgehead atoms. The number of sulfonamides is 1. The number of benzene rings is 1. The highest BCUT2D eigenvalue weighted by Gasteiger charge is 2.46. The topological polar surface area (TPSA) is 87.0 Å². The molecular weight excluding hydrogens is 452 g/mol. The van der Waals surface area contributed by atoms with Gasteiger partial charge in [0.15, 0.2) is 5.82 Å². The highest BCUT2D eigenvalue weighted by atomic mass is 32.2. The quantitative estimate of drug-likeness (QED) is 0.497. The molecule has 0 fully saturated rings. The monoisotopic (exact) mass is 467 g/mol. The summed E-state index contributed by atoms with van der Waals surface area (Å²) in [6.45, 7) is 0.620. The molecule has 1 N–H and O–H groups in total. The Kier molecular flexibility index (Phi) is 5.86. The van der Waals surface area contributed by atoms with E-state index in [2.05, 4.69) is 15.2 Å². The van der Waals surface area contributed by atoms with E-state index >= 15 is 0 Å². The number of rotatable bonds is 4. The van der Waals surface area contributed by atoms with Crippen LogP contribution >= 0.6 is 0 Å². The molecule has 2 aromatic rings. The van der Waals surface area contributed by atoms with Crippen molar-refractivity contribution in [3.8, 4) is 0 Å². The number of alkyl halides is 6. The molecule has 1 aromatic carbocycles. The van der Waals surface area contributed by atoms with Gasteiger partial charge in [0.25, 0.3) is 0 Å². The summed E-state index contributed by atoms with van der Waals surface area (Å²) in [5, 5.41) is 7.37. The van der Waals surface area contributed by atoms with Gasteiger partial charge in [0.05, 0.1) is 11.3 Å². The van der Waals surface area contributed by atoms with E-state index < -0.39 is 33.0 Å². The highest BCUT2D eigenvalue weighted by Crippen LogP contribution is 2.39. The van der Waals surface area contributed by atoms with Gasteiger partial charge in [0, 0.05) is 25.5 Å². The minimum atomic E-state index is -5.73. The fraction of sp³-hybridized carbons (Fsp3) is 0.353. The van der Waals surface area contributed by atoms with Crippen molar-refractivity contribution in [3.63, 3.8) is 0 Å². The third-order valence-corrected chi connectivity index (χ3v) is 5.53. The minimum absolute atomic E-state index is 0.233. The van der Waals surface area contributed by atoms with Crippen LogP contribution in [0.1, 0.15) is 17.5 Å². The summed E-state index contributed by atoms with van der Waals surface area (Å²) in [7, 11) is -4.03. The highest BCUT2D eigenvalue weighted by molar-refractivity contribution is 7.93. The number of azo groups is 1. The van der Waals surface area contributed by atoms with Crippen molar-refractivity contribution in [1.29, 1.82) is 0 Å². The smallest absolute Gasteiger partial charge is 0.374 e. The Bertz CT molecular complexity index is 1100. The summed E-state index contributed by atoms with van der Waals surface area (Å²) in [5.74, 6) is -0.243. The number of anilines is 2. The third-order valence-electron chi connectivity index (χ3n) is 4.43. The van der Waals surface area contributed by atoms with Crippen LogP contribution in [0.2, 0.25) is 0 Å². The lowest BCUT2D eigenvalue weighted by atomic mass is 10.0. The van der Waals surface area contributed by atoms with Crippen molar-refractivity contribution in [2.24, 2.45) is 10.2 Å². The second-order valence-electron chi connectivity index (χ2n) is 6.68. The Labute approximate surface area is 172 Å². The van der Waals surface area contributed by atoms with Crippen molar-refractivity contribution in [3.05, 3.63) is 41.6 Å². The summed E-state index contributed by atoms with van der Waals surface area (Å²) in [6.07, 6.45) is -2.74. The van der Waals surface area contributed by atoms with Crippen LogP contribution < -0.4 is 9.62 Å². The maximum absolute atomic E-state index is 12.8. The summed E-state index contributed by atoms with van der Waals surface area (Å²) in [5.41, 5.74) is -6.04. The number of hydrogen-bond acceptors (Lipinski definition) is 6. The van der Waals surface area contributed by atoms with E-state index in [1.165, 1.54) is 16.9 Å². The molecule has 168 valence electrons. The Morgan fingerprint density at radius 3 is 2.39 bits per heavy atom. The standard InChI is InChI=1S/C17H15F6N5O2S/c1-28-6-2-3-10-7-12(13(8-14(10)28)27-31(29,30)17(21,22)23)25-26-15-5-4-11(9-24-15)16(18,19)20/h4-5,7-9,27H,2-3,6H2,1H3. The normalized spacial score (nSPS) is 15.3. The molecule has 0 radical (unpaired) electrons. The second kappa shape index (κ2) is 7.98. The summed E-state index contributed by atoms with van der Waals surface area (Å²) in [4.78, 5) is 5.25. The van der Waals surface area contributed by atoms with Gasteiger partial charge in [0.2, 0.25) is 0 Å². The van der Waals surface area contributed by atoms with Gasteiger partial charge in [-0.2, -0.15) is 34.8 Å². The predicted octanol–water partition coefficient (Wildman–Crippen LogP) is 5.16. The molecule has 0 saturated heterocycles. The molecule has 2 heterocycles. The fourth-order valence-electron chi connectivity index (χ4n) is 2.89. The Morgan fingerprint density at radius 1 is 1.10 bits per heavy atom. The van der Waals surface area contributed by atoms with Crippen molar-refractivity contribution in [2.45, 2.75) is 24.5 Å². The zero-order valence-electron chi connectivity index (χ0n) is 15.8. The first-order valence-corrected chi connectivity index (χ1v) is 10.2. The van der Waals surface area contributed by atoms with Gasteiger partial charge in [-0.1, -0.05) is 0 Å². The SMILES string of the molecule is CN1CCCc2cc(N=Nc3ccc(C(F)(F)F)cn3)c(NS(=O)(=O)C(F)(F)F)cc21. The average Bonchev–Trinajstić information content (AvgIpc) is 2.65. The summed E-state index contributed by atoms with van der Waals surface area (Å²) >= 11 is 0. The number of aromatic nitrogens is 1. The molecule has 0 unspecified atom stereocenters. The molecule has 31 heavy (non-hydrogen) atoms. The Hall–Kier alpha value is -2.90.